The zero-order valence-electron chi connectivity index (χ0n) is 9.74. The van der Waals surface area contributed by atoms with Crippen LogP contribution in [0.5, 0.6) is 0 Å². The van der Waals surface area contributed by atoms with E-state index in [-0.39, 0.29) is 22.7 Å². The molecule has 0 saturated heterocycles. The van der Waals surface area contributed by atoms with Gasteiger partial charge >= 0.3 is 0 Å². The Hall–Kier alpha value is -1.89. The number of nitrogens with one attached hydrogen (secondary N) is 1. The van der Waals surface area contributed by atoms with Gasteiger partial charge in [0.25, 0.3) is 5.91 Å². The number of hydrogen-bond acceptors (Lipinski definition) is 3. The zero-order chi connectivity index (χ0) is 12.2. The van der Waals surface area contributed by atoms with E-state index in [2.05, 4.69) is 10.3 Å². The van der Waals surface area contributed by atoms with E-state index in [1.807, 2.05) is 26.8 Å². The first kappa shape index (κ1) is 12.2. The van der Waals surface area contributed by atoms with Crippen LogP contribution in [0.4, 0.5) is 0 Å². The van der Waals surface area contributed by atoms with E-state index >= 15 is 0 Å². The minimum absolute atomic E-state index is 0.0303. The highest BCUT2D eigenvalue weighted by Crippen LogP contribution is 2.10. The third-order valence-corrected chi connectivity index (χ3v) is 1.88. The molecule has 0 saturated carbocycles. The molecule has 0 aliphatic heterocycles. The molecule has 0 aliphatic carbocycles. The minimum Gasteiger partial charge on any atom is -0.350 e. The Morgan fingerprint density at radius 1 is 1.50 bits per heavy atom. The lowest BCUT2D eigenvalue weighted by Crippen LogP contribution is -2.32. The summed E-state index contributed by atoms with van der Waals surface area (Å²) in [4.78, 5) is 15.6. The van der Waals surface area contributed by atoms with E-state index in [1.165, 1.54) is 0 Å². The fourth-order valence-corrected chi connectivity index (χ4v) is 1.06. The van der Waals surface area contributed by atoms with Crippen LogP contribution in [0.15, 0.2) is 18.2 Å². The van der Waals surface area contributed by atoms with Gasteiger partial charge in [0.1, 0.15) is 17.5 Å². The molecule has 4 heteroatoms. The molecule has 0 aliphatic rings. The molecule has 16 heavy (non-hydrogen) atoms. The number of aromatic nitrogens is 1. The molecule has 1 N–H and O–H groups in total. The summed E-state index contributed by atoms with van der Waals surface area (Å²) in [6.07, 6.45) is 0. The molecule has 1 amide bonds. The summed E-state index contributed by atoms with van der Waals surface area (Å²) in [7, 11) is 0. The van der Waals surface area contributed by atoms with Crippen molar-refractivity contribution in [3.05, 3.63) is 29.6 Å². The van der Waals surface area contributed by atoms with Gasteiger partial charge in [0.15, 0.2) is 0 Å². The molecule has 4 nitrogen and oxygen atoms in total. The molecule has 0 radical (unpaired) electrons. The molecule has 0 unspecified atom stereocenters. The van der Waals surface area contributed by atoms with E-state index in [1.54, 1.807) is 18.2 Å². The highest BCUT2D eigenvalue weighted by atomic mass is 16.1. The number of rotatable bonds is 2. The van der Waals surface area contributed by atoms with Gasteiger partial charge in [-0.15, -0.1) is 0 Å². The molecule has 0 bridgehead atoms. The van der Waals surface area contributed by atoms with Gasteiger partial charge in [0.2, 0.25) is 0 Å². The first-order chi connectivity index (χ1) is 7.42. The lowest BCUT2D eigenvalue weighted by atomic mass is 9.97. The SMILES string of the molecule is CC(C)(C)CNC(=O)c1cccc(C#N)n1. The average molecular weight is 217 g/mol. The summed E-state index contributed by atoms with van der Waals surface area (Å²) in [5, 5.41) is 11.4. The summed E-state index contributed by atoms with van der Waals surface area (Å²) < 4.78 is 0. The maximum absolute atomic E-state index is 11.7. The molecule has 1 heterocycles. The second-order valence-electron chi connectivity index (χ2n) is 4.76. The quantitative estimate of drug-likeness (QED) is 0.820. The zero-order valence-corrected chi connectivity index (χ0v) is 9.74. The standard InChI is InChI=1S/C12H15N3O/c1-12(2,3)8-14-11(16)10-6-4-5-9(7-13)15-10/h4-6H,8H2,1-3H3,(H,14,16). The molecule has 0 fully saturated rings. The third kappa shape index (κ3) is 3.70. The van der Waals surface area contributed by atoms with Gasteiger partial charge < -0.3 is 5.32 Å². The number of amides is 1. The summed E-state index contributed by atoms with van der Waals surface area (Å²) in [5.74, 6) is -0.243. The number of hydrogen-bond donors (Lipinski definition) is 1. The average Bonchev–Trinajstić information content (AvgIpc) is 2.25. The first-order valence-electron chi connectivity index (χ1n) is 5.08. The van der Waals surface area contributed by atoms with Crippen molar-refractivity contribution in [2.24, 2.45) is 5.41 Å². The highest BCUT2D eigenvalue weighted by molar-refractivity contribution is 5.92. The van der Waals surface area contributed by atoms with Crippen molar-refractivity contribution in [3.8, 4) is 6.07 Å². The lowest BCUT2D eigenvalue weighted by molar-refractivity contribution is 0.0934. The van der Waals surface area contributed by atoms with E-state index in [0.717, 1.165) is 0 Å². The van der Waals surface area contributed by atoms with Gasteiger partial charge in [-0.1, -0.05) is 26.8 Å². The molecule has 1 aromatic rings. The van der Waals surface area contributed by atoms with Crippen molar-refractivity contribution >= 4 is 5.91 Å². The van der Waals surface area contributed by atoms with E-state index in [9.17, 15) is 4.79 Å². The second kappa shape index (κ2) is 4.75. The second-order valence-corrected chi connectivity index (χ2v) is 4.76. The Kier molecular flexibility index (Phi) is 3.62. The van der Waals surface area contributed by atoms with Crippen molar-refractivity contribution < 1.29 is 4.79 Å². The Labute approximate surface area is 95.3 Å². The predicted molar refractivity (Wildman–Crippen MR) is 60.7 cm³/mol. The molecule has 1 aromatic heterocycles. The van der Waals surface area contributed by atoms with Gasteiger partial charge in [0.05, 0.1) is 0 Å². The van der Waals surface area contributed by atoms with Crippen LogP contribution in [-0.2, 0) is 0 Å². The van der Waals surface area contributed by atoms with Gasteiger partial charge in [0, 0.05) is 6.54 Å². The minimum atomic E-state index is -0.243. The summed E-state index contributed by atoms with van der Waals surface area (Å²) in [5.41, 5.74) is 0.564. The lowest BCUT2D eigenvalue weighted by Gasteiger charge is -2.18. The molecule has 0 spiro atoms. The van der Waals surface area contributed by atoms with Gasteiger partial charge in [-0.05, 0) is 17.5 Å². The highest BCUT2D eigenvalue weighted by Gasteiger charge is 2.13. The number of nitriles is 1. The third-order valence-electron chi connectivity index (χ3n) is 1.88. The number of carbonyl (C=O) groups excluding carboxylic acids is 1. The van der Waals surface area contributed by atoms with Crippen molar-refractivity contribution in [1.29, 1.82) is 5.26 Å². The predicted octanol–water partition coefficient (Wildman–Crippen LogP) is 1.73. The smallest absolute Gasteiger partial charge is 0.269 e. The van der Waals surface area contributed by atoms with Crippen LogP contribution in [-0.4, -0.2) is 17.4 Å². The summed E-state index contributed by atoms with van der Waals surface area (Å²) >= 11 is 0. The van der Waals surface area contributed by atoms with Gasteiger partial charge in [-0.2, -0.15) is 5.26 Å². The van der Waals surface area contributed by atoms with Gasteiger partial charge in [-0.3, -0.25) is 4.79 Å². The maximum atomic E-state index is 11.7. The van der Waals surface area contributed by atoms with Crippen LogP contribution in [0.1, 0.15) is 37.0 Å². The Morgan fingerprint density at radius 2 is 2.19 bits per heavy atom. The Balaban J connectivity index is 2.71. The topological polar surface area (TPSA) is 65.8 Å². The Bertz CT molecular complexity index is 427. The monoisotopic (exact) mass is 217 g/mol. The summed E-state index contributed by atoms with van der Waals surface area (Å²) in [6, 6.07) is 6.72. The van der Waals surface area contributed by atoms with Crippen molar-refractivity contribution in [3.63, 3.8) is 0 Å². The van der Waals surface area contributed by atoms with Crippen LogP contribution in [0, 0.1) is 16.7 Å². The fraction of sp³-hybridized carbons (Fsp3) is 0.417. The summed E-state index contributed by atoms with van der Waals surface area (Å²) in [6.45, 7) is 6.68. The number of carbonyl (C=O) groups is 1. The maximum Gasteiger partial charge on any atom is 0.269 e. The van der Waals surface area contributed by atoms with Gasteiger partial charge in [-0.25, -0.2) is 4.98 Å². The molecule has 84 valence electrons. The first-order valence-corrected chi connectivity index (χ1v) is 5.08. The van der Waals surface area contributed by atoms with Crippen molar-refractivity contribution in [1.82, 2.24) is 10.3 Å². The van der Waals surface area contributed by atoms with Crippen LogP contribution in [0.2, 0.25) is 0 Å². The molecule has 0 aromatic carbocycles. The Morgan fingerprint density at radius 3 is 2.75 bits per heavy atom. The van der Waals surface area contributed by atoms with Crippen LogP contribution < -0.4 is 5.32 Å². The number of pyridine rings is 1. The van der Waals surface area contributed by atoms with Crippen LogP contribution in [0.3, 0.4) is 0 Å². The normalized spacial score (nSPS) is 10.6. The van der Waals surface area contributed by atoms with Crippen LogP contribution >= 0.6 is 0 Å². The largest absolute Gasteiger partial charge is 0.350 e. The molecule has 0 atom stereocenters. The van der Waals surface area contributed by atoms with Crippen molar-refractivity contribution in [2.75, 3.05) is 6.54 Å². The number of nitrogens with zero attached hydrogens (tertiary/aromatic N) is 2. The van der Waals surface area contributed by atoms with E-state index < -0.39 is 0 Å². The molecular weight excluding hydrogens is 202 g/mol. The molecule has 1 rings (SSSR count). The van der Waals surface area contributed by atoms with Crippen molar-refractivity contribution in [2.45, 2.75) is 20.8 Å². The molecular formula is C12H15N3O. The van der Waals surface area contributed by atoms with Crippen LogP contribution in [0.25, 0.3) is 0 Å². The van der Waals surface area contributed by atoms with E-state index in [4.69, 9.17) is 5.26 Å². The van der Waals surface area contributed by atoms with E-state index in [0.29, 0.717) is 6.54 Å². The fourth-order valence-electron chi connectivity index (χ4n) is 1.06.